The molecule has 0 heterocycles. The first-order valence-corrected chi connectivity index (χ1v) is 10.4. The van der Waals surface area contributed by atoms with Gasteiger partial charge in [-0.3, -0.25) is 4.79 Å². The Balaban J connectivity index is 1.84. The first-order chi connectivity index (χ1) is 12.7. The van der Waals surface area contributed by atoms with Crippen molar-refractivity contribution >= 4 is 21.6 Å². The van der Waals surface area contributed by atoms with Gasteiger partial charge < -0.3 is 10.6 Å². The van der Waals surface area contributed by atoms with E-state index in [1.165, 1.54) is 17.7 Å². The third-order valence-electron chi connectivity index (χ3n) is 4.34. The van der Waals surface area contributed by atoms with Gasteiger partial charge in [-0.05, 0) is 48.1 Å². The summed E-state index contributed by atoms with van der Waals surface area (Å²) in [6, 6.07) is 12.5. The van der Waals surface area contributed by atoms with Crippen molar-refractivity contribution < 1.29 is 13.2 Å². The summed E-state index contributed by atoms with van der Waals surface area (Å²) in [6.07, 6.45) is 0.609. The third kappa shape index (κ3) is 6.08. The second-order valence-corrected chi connectivity index (χ2v) is 8.40. The van der Waals surface area contributed by atoms with Gasteiger partial charge in [-0.15, -0.1) is 0 Å². The van der Waals surface area contributed by atoms with E-state index < -0.39 is 10.0 Å². The van der Waals surface area contributed by atoms with Crippen LogP contribution >= 0.6 is 0 Å². The molecule has 0 aliphatic carbocycles. The molecule has 0 radical (unpaired) electrons. The molecule has 0 aromatic heterocycles. The molecule has 27 heavy (non-hydrogen) atoms. The number of anilines is 1. The molecule has 0 saturated heterocycles. The number of carbonyl (C=O) groups excluding carboxylic acids is 1. The Labute approximate surface area is 161 Å². The molecule has 0 bridgehead atoms. The van der Waals surface area contributed by atoms with Gasteiger partial charge in [0.05, 0.1) is 11.4 Å². The monoisotopic (exact) mass is 389 g/mol. The maximum atomic E-state index is 12.1. The molecule has 0 aliphatic heterocycles. The molecule has 2 rings (SSSR count). The standard InChI is InChI=1S/C20H27N3O3S/c1-14(2)18-6-4-5-15(3)20(18)23-13-19(24)22-12-11-16-7-9-17(10-8-16)27(21,25)26/h4-10,14,23H,11-13H2,1-3H3,(H,22,24)(H2,21,25,26). The quantitative estimate of drug-likeness (QED) is 0.646. The molecule has 0 saturated carbocycles. The van der Waals surface area contributed by atoms with E-state index in [4.69, 9.17) is 5.14 Å². The number of para-hydroxylation sites is 1. The van der Waals surface area contributed by atoms with Crippen LogP contribution in [0.5, 0.6) is 0 Å². The van der Waals surface area contributed by atoms with Crippen LogP contribution in [-0.4, -0.2) is 27.4 Å². The van der Waals surface area contributed by atoms with Crippen LogP contribution in [0.25, 0.3) is 0 Å². The topological polar surface area (TPSA) is 101 Å². The van der Waals surface area contributed by atoms with Gasteiger partial charge in [-0.1, -0.05) is 44.2 Å². The molecule has 1 amide bonds. The Hall–Kier alpha value is -2.38. The summed E-state index contributed by atoms with van der Waals surface area (Å²) in [5.74, 6) is 0.282. The lowest BCUT2D eigenvalue weighted by atomic mass is 9.98. The van der Waals surface area contributed by atoms with Crippen molar-refractivity contribution in [3.8, 4) is 0 Å². The van der Waals surface area contributed by atoms with Gasteiger partial charge >= 0.3 is 0 Å². The number of hydrogen-bond donors (Lipinski definition) is 3. The minimum absolute atomic E-state index is 0.0821. The Morgan fingerprint density at radius 2 is 1.78 bits per heavy atom. The maximum absolute atomic E-state index is 12.1. The molecule has 2 aromatic rings. The van der Waals surface area contributed by atoms with E-state index in [1.807, 2.05) is 19.1 Å². The summed E-state index contributed by atoms with van der Waals surface area (Å²) in [6.45, 7) is 6.95. The summed E-state index contributed by atoms with van der Waals surface area (Å²) in [4.78, 5) is 12.2. The van der Waals surface area contributed by atoms with Crippen molar-refractivity contribution in [2.45, 2.75) is 38.0 Å². The number of primary sulfonamides is 1. The average molecular weight is 390 g/mol. The van der Waals surface area contributed by atoms with Gasteiger partial charge in [0.15, 0.2) is 0 Å². The van der Waals surface area contributed by atoms with Crippen molar-refractivity contribution in [1.82, 2.24) is 5.32 Å². The van der Waals surface area contributed by atoms with Crippen molar-refractivity contribution in [2.75, 3.05) is 18.4 Å². The second kappa shape index (κ2) is 9.01. The molecule has 0 atom stereocenters. The van der Waals surface area contributed by atoms with Crippen LogP contribution in [0.15, 0.2) is 47.4 Å². The molecule has 0 fully saturated rings. The van der Waals surface area contributed by atoms with Crippen LogP contribution in [0.4, 0.5) is 5.69 Å². The second-order valence-electron chi connectivity index (χ2n) is 6.84. The molecule has 2 aromatic carbocycles. The van der Waals surface area contributed by atoms with Crippen LogP contribution in [-0.2, 0) is 21.2 Å². The number of aryl methyl sites for hydroxylation is 1. The van der Waals surface area contributed by atoms with Gasteiger partial charge in [0.1, 0.15) is 0 Å². The number of hydrogen-bond acceptors (Lipinski definition) is 4. The third-order valence-corrected chi connectivity index (χ3v) is 5.27. The van der Waals surface area contributed by atoms with E-state index in [2.05, 4.69) is 30.5 Å². The van der Waals surface area contributed by atoms with Gasteiger partial charge in [0.2, 0.25) is 15.9 Å². The van der Waals surface area contributed by atoms with Crippen molar-refractivity contribution in [1.29, 1.82) is 0 Å². The smallest absolute Gasteiger partial charge is 0.239 e. The highest BCUT2D eigenvalue weighted by atomic mass is 32.2. The maximum Gasteiger partial charge on any atom is 0.239 e. The number of carbonyl (C=O) groups is 1. The zero-order valence-electron chi connectivity index (χ0n) is 16.0. The van der Waals surface area contributed by atoms with Gasteiger partial charge in [0.25, 0.3) is 0 Å². The van der Waals surface area contributed by atoms with Crippen LogP contribution in [0.1, 0.15) is 36.5 Å². The van der Waals surface area contributed by atoms with Crippen LogP contribution in [0, 0.1) is 6.92 Å². The summed E-state index contributed by atoms with van der Waals surface area (Å²) in [5, 5.41) is 11.2. The molecule has 7 heteroatoms. The predicted molar refractivity (Wildman–Crippen MR) is 108 cm³/mol. The number of nitrogens with one attached hydrogen (secondary N) is 2. The van der Waals surface area contributed by atoms with Crippen LogP contribution in [0.3, 0.4) is 0 Å². The Morgan fingerprint density at radius 1 is 1.11 bits per heavy atom. The minimum Gasteiger partial charge on any atom is -0.376 e. The number of amides is 1. The molecule has 0 unspecified atom stereocenters. The Kier molecular flexibility index (Phi) is 6.98. The molecule has 0 aliphatic rings. The largest absolute Gasteiger partial charge is 0.376 e. The van der Waals surface area contributed by atoms with Crippen LogP contribution in [0.2, 0.25) is 0 Å². The molecule has 4 N–H and O–H groups in total. The van der Waals surface area contributed by atoms with Crippen LogP contribution < -0.4 is 15.8 Å². The average Bonchev–Trinajstić information content (AvgIpc) is 2.60. The first kappa shape index (κ1) is 20.9. The van der Waals surface area contributed by atoms with Gasteiger partial charge in [-0.2, -0.15) is 0 Å². The van der Waals surface area contributed by atoms with E-state index in [0.717, 1.165) is 16.8 Å². The number of benzene rings is 2. The highest BCUT2D eigenvalue weighted by molar-refractivity contribution is 7.89. The summed E-state index contributed by atoms with van der Waals surface area (Å²) in [7, 11) is -3.68. The molecule has 0 spiro atoms. The predicted octanol–water partition coefficient (Wildman–Crippen LogP) is 2.54. The first-order valence-electron chi connectivity index (χ1n) is 8.90. The fourth-order valence-corrected chi connectivity index (χ4v) is 3.35. The van der Waals surface area contributed by atoms with Crippen molar-refractivity contribution in [3.63, 3.8) is 0 Å². The lowest BCUT2D eigenvalue weighted by Crippen LogP contribution is -2.31. The summed E-state index contributed by atoms with van der Waals surface area (Å²) >= 11 is 0. The summed E-state index contributed by atoms with van der Waals surface area (Å²) < 4.78 is 22.5. The fraction of sp³-hybridized carbons (Fsp3) is 0.350. The van der Waals surface area contributed by atoms with Gasteiger partial charge in [-0.25, -0.2) is 13.6 Å². The molecule has 6 nitrogen and oxygen atoms in total. The molecular formula is C20H27N3O3S. The normalized spacial score (nSPS) is 11.4. The van der Waals surface area contributed by atoms with E-state index >= 15 is 0 Å². The van der Waals surface area contributed by atoms with Gasteiger partial charge in [0, 0.05) is 12.2 Å². The lowest BCUT2D eigenvalue weighted by Gasteiger charge is -2.17. The zero-order chi connectivity index (χ0) is 20.0. The molecular weight excluding hydrogens is 362 g/mol. The van der Waals surface area contributed by atoms with E-state index in [-0.39, 0.29) is 17.3 Å². The zero-order valence-corrected chi connectivity index (χ0v) is 16.8. The fourth-order valence-electron chi connectivity index (χ4n) is 2.84. The van der Waals surface area contributed by atoms with E-state index in [0.29, 0.717) is 18.9 Å². The highest BCUT2D eigenvalue weighted by Gasteiger charge is 2.10. The Morgan fingerprint density at radius 3 is 2.37 bits per heavy atom. The number of rotatable bonds is 8. The molecule has 146 valence electrons. The number of sulfonamides is 1. The number of nitrogens with two attached hydrogens (primary N) is 1. The van der Waals surface area contributed by atoms with E-state index in [1.54, 1.807) is 12.1 Å². The lowest BCUT2D eigenvalue weighted by molar-refractivity contribution is -0.119. The minimum atomic E-state index is -3.68. The highest BCUT2D eigenvalue weighted by Crippen LogP contribution is 2.27. The summed E-state index contributed by atoms with van der Waals surface area (Å²) in [5.41, 5.74) is 4.25. The Bertz CT molecular complexity index is 891. The van der Waals surface area contributed by atoms with Crippen molar-refractivity contribution in [2.24, 2.45) is 5.14 Å². The SMILES string of the molecule is Cc1cccc(C(C)C)c1NCC(=O)NCCc1ccc(S(N)(=O)=O)cc1. The van der Waals surface area contributed by atoms with Crippen molar-refractivity contribution in [3.05, 3.63) is 59.2 Å². The van der Waals surface area contributed by atoms with E-state index in [9.17, 15) is 13.2 Å².